The van der Waals surface area contributed by atoms with Crippen molar-refractivity contribution in [2.45, 2.75) is 6.29 Å². The molecule has 0 unspecified atom stereocenters. The van der Waals surface area contributed by atoms with Crippen LogP contribution in [0.25, 0.3) is 0 Å². The van der Waals surface area contributed by atoms with Crippen LogP contribution in [0.5, 0.6) is 0 Å². The zero-order valence-electron chi connectivity index (χ0n) is 3.09. The predicted molar refractivity (Wildman–Crippen MR) is 16.9 cm³/mol. The van der Waals surface area contributed by atoms with Crippen LogP contribution in [0.4, 0.5) is 0 Å². The molecular formula is C3H4O3. The third-order valence-corrected chi connectivity index (χ3v) is 0.576. The zero-order chi connectivity index (χ0) is 4.41. The van der Waals surface area contributed by atoms with Crippen LogP contribution in [0.3, 0.4) is 0 Å². The Morgan fingerprint density at radius 1 is 1.67 bits per heavy atom. The fourth-order valence-electron chi connectivity index (χ4n) is 0.225. The minimum Gasteiger partial charge on any atom is -0.319 e. The van der Waals surface area contributed by atoms with Gasteiger partial charge >= 0.3 is 0 Å². The van der Waals surface area contributed by atoms with Crippen molar-refractivity contribution in [2.24, 2.45) is 0 Å². The van der Waals surface area contributed by atoms with Crippen molar-refractivity contribution in [1.29, 1.82) is 0 Å². The van der Waals surface area contributed by atoms with E-state index in [-0.39, 0.29) is 6.79 Å². The lowest BCUT2D eigenvalue weighted by molar-refractivity contribution is -0.296. The van der Waals surface area contributed by atoms with Crippen LogP contribution in [-0.2, 0) is 14.3 Å². The molecule has 0 bridgehead atoms. The minimum atomic E-state index is -0.565. The van der Waals surface area contributed by atoms with Gasteiger partial charge in [0.05, 0.1) is 0 Å². The van der Waals surface area contributed by atoms with Gasteiger partial charge in [-0.3, -0.25) is 4.79 Å². The Hall–Kier alpha value is -0.410. The van der Waals surface area contributed by atoms with E-state index in [0.29, 0.717) is 6.29 Å². The van der Waals surface area contributed by atoms with Gasteiger partial charge in [0, 0.05) is 0 Å². The smallest absolute Gasteiger partial charge is 0.219 e. The Labute approximate surface area is 34.9 Å². The summed E-state index contributed by atoms with van der Waals surface area (Å²) in [5.74, 6) is 0. The van der Waals surface area contributed by atoms with Crippen LogP contribution in [0, 0.1) is 0 Å². The van der Waals surface area contributed by atoms with Crippen molar-refractivity contribution < 1.29 is 14.3 Å². The Morgan fingerprint density at radius 2 is 2.33 bits per heavy atom. The lowest BCUT2D eigenvalue weighted by atomic mass is 10.7. The third kappa shape index (κ3) is 0.418. The molecule has 0 radical (unpaired) electrons. The molecule has 6 heavy (non-hydrogen) atoms. The quantitative estimate of drug-likeness (QED) is 0.406. The second-order valence-electron chi connectivity index (χ2n) is 0.956. The molecule has 0 spiro atoms. The van der Waals surface area contributed by atoms with Crippen LogP contribution in [-0.4, -0.2) is 19.4 Å². The first kappa shape index (κ1) is 3.77. The van der Waals surface area contributed by atoms with Gasteiger partial charge in [-0.05, 0) is 0 Å². The molecule has 1 aliphatic rings. The topological polar surface area (TPSA) is 35.5 Å². The monoisotopic (exact) mass is 88.0 g/mol. The number of carbonyl (C=O) groups excluding carboxylic acids is 1. The van der Waals surface area contributed by atoms with Gasteiger partial charge < -0.3 is 9.47 Å². The summed E-state index contributed by atoms with van der Waals surface area (Å²) in [6, 6.07) is 0. The highest BCUT2D eigenvalue weighted by atomic mass is 16.8. The summed E-state index contributed by atoms with van der Waals surface area (Å²) in [7, 11) is 0. The van der Waals surface area contributed by atoms with E-state index < -0.39 is 6.29 Å². The molecule has 3 nitrogen and oxygen atoms in total. The zero-order valence-corrected chi connectivity index (χ0v) is 3.09. The van der Waals surface area contributed by atoms with E-state index in [9.17, 15) is 4.79 Å². The lowest BCUT2D eigenvalue weighted by Gasteiger charge is -2.20. The molecule has 0 aromatic carbocycles. The number of carbonyl (C=O) groups is 1. The highest BCUT2D eigenvalue weighted by Crippen LogP contribution is 2.00. The van der Waals surface area contributed by atoms with E-state index in [1.165, 1.54) is 0 Å². The number of aldehydes is 1. The van der Waals surface area contributed by atoms with Crippen LogP contribution in [0.15, 0.2) is 0 Å². The molecule has 0 aromatic heterocycles. The highest BCUT2D eigenvalue weighted by Gasteiger charge is 2.15. The fourth-order valence-corrected chi connectivity index (χ4v) is 0.225. The Morgan fingerprint density at radius 3 is 2.33 bits per heavy atom. The summed E-state index contributed by atoms with van der Waals surface area (Å²) < 4.78 is 8.98. The van der Waals surface area contributed by atoms with Gasteiger partial charge in [0.1, 0.15) is 0 Å². The maximum absolute atomic E-state index is 9.54. The van der Waals surface area contributed by atoms with Gasteiger partial charge in [0.2, 0.25) is 6.29 Å². The molecule has 0 atom stereocenters. The summed E-state index contributed by atoms with van der Waals surface area (Å²) >= 11 is 0. The van der Waals surface area contributed by atoms with Gasteiger partial charge in [-0.25, -0.2) is 0 Å². The van der Waals surface area contributed by atoms with Gasteiger partial charge in [-0.1, -0.05) is 0 Å². The second kappa shape index (κ2) is 1.36. The summed E-state index contributed by atoms with van der Waals surface area (Å²) in [5.41, 5.74) is 0. The molecule has 0 amide bonds. The summed E-state index contributed by atoms with van der Waals surface area (Å²) in [6.07, 6.45) is 0.0498. The molecule has 1 heterocycles. The average Bonchev–Trinajstić information content (AvgIpc) is 1.31. The van der Waals surface area contributed by atoms with Crippen molar-refractivity contribution in [3.63, 3.8) is 0 Å². The summed E-state index contributed by atoms with van der Waals surface area (Å²) in [4.78, 5) is 9.54. The molecular weight excluding hydrogens is 84.0 g/mol. The molecule has 1 aliphatic heterocycles. The van der Waals surface area contributed by atoms with Gasteiger partial charge in [-0.2, -0.15) is 0 Å². The van der Waals surface area contributed by atoms with E-state index in [1.807, 2.05) is 0 Å². The average molecular weight is 88.1 g/mol. The Balaban J connectivity index is 2.16. The van der Waals surface area contributed by atoms with E-state index in [1.54, 1.807) is 0 Å². The van der Waals surface area contributed by atoms with Crippen LogP contribution >= 0.6 is 0 Å². The molecule has 0 saturated carbocycles. The van der Waals surface area contributed by atoms with Crippen molar-refractivity contribution in [2.75, 3.05) is 6.79 Å². The molecule has 0 N–H and O–H groups in total. The molecule has 1 saturated heterocycles. The maximum Gasteiger partial charge on any atom is 0.219 e. The van der Waals surface area contributed by atoms with Crippen molar-refractivity contribution in [3.8, 4) is 0 Å². The van der Waals surface area contributed by atoms with E-state index >= 15 is 0 Å². The van der Waals surface area contributed by atoms with Crippen LogP contribution in [0.2, 0.25) is 0 Å². The Kier molecular flexibility index (Phi) is 0.856. The minimum absolute atomic E-state index is 0.267. The molecule has 34 valence electrons. The number of ether oxygens (including phenoxy) is 2. The molecule has 3 heteroatoms. The van der Waals surface area contributed by atoms with E-state index in [0.717, 1.165) is 0 Å². The van der Waals surface area contributed by atoms with Crippen molar-refractivity contribution in [1.82, 2.24) is 0 Å². The van der Waals surface area contributed by atoms with E-state index in [2.05, 4.69) is 9.47 Å². The lowest BCUT2D eigenvalue weighted by Crippen LogP contribution is -2.31. The normalized spacial score (nSPS) is 22.7. The molecule has 1 fully saturated rings. The van der Waals surface area contributed by atoms with Crippen molar-refractivity contribution >= 4 is 6.29 Å². The fraction of sp³-hybridized carbons (Fsp3) is 0.667. The number of hydrogen-bond donors (Lipinski definition) is 0. The maximum atomic E-state index is 9.54. The third-order valence-electron chi connectivity index (χ3n) is 0.576. The molecule has 0 aromatic rings. The number of rotatable bonds is 1. The van der Waals surface area contributed by atoms with Crippen molar-refractivity contribution in [3.05, 3.63) is 0 Å². The predicted octanol–water partition coefficient (Wildman–Crippen LogP) is -0.484. The Bertz CT molecular complexity index is 57.1. The largest absolute Gasteiger partial charge is 0.319 e. The molecule has 0 aliphatic carbocycles. The van der Waals surface area contributed by atoms with E-state index in [4.69, 9.17) is 0 Å². The van der Waals surface area contributed by atoms with Gasteiger partial charge in [0.25, 0.3) is 0 Å². The van der Waals surface area contributed by atoms with Gasteiger partial charge in [0.15, 0.2) is 13.1 Å². The van der Waals surface area contributed by atoms with Crippen LogP contribution < -0.4 is 0 Å². The van der Waals surface area contributed by atoms with Gasteiger partial charge in [-0.15, -0.1) is 0 Å². The van der Waals surface area contributed by atoms with Crippen LogP contribution in [0.1, 0.15) is 0 Å². The highest BCUT2D eigenvalue weighted by molar-refractivity contribution is 5.54. The second-order valence-corrected chi connectivity index (χ2v) is 0.956. The SMILES string of the molecule is O=CC1OCO1. The standard InChI is InChI=1S/C3H4O3/c4-1-3-5-2-6-3/h1,3H,2H2. The number of hydrogen-bond acceptors (Lipinski definition) is 3. The first-order chi connectivity index (χ1) is 2.93. The first-order valence-corrected chi connectivity index (χ1v) is 1.62. The summed E-state index contributed by atoms with van der Waals surface area (Å²) in [6.45, 7) is 0.267. The summed E-state index contributed by atoms with van der Waals surface area (Å²) in [5, 5.41) is 0. The molecule has 1 rings (SSSR count). The first-order valence-electron chi connectivity index (χ1n) is 1.62.